The lowest BCUT2D eigenvalue weighted by Crippen LogP contribution is -2.57. The first-order valence-corrected chi connectivity index (χ1v) is 13.2. The molecule has 2 heterocycles. The number of halogens is 2. The van der Waals surface area contributed by atoms with Crippen LogP contribution in [0.5, 0.6) is 0 Å². The number of carbonyl (C=O) groups excluding carboxylic acids is 2. The number of morpholine rings is 1. The molecule has 1 amide bonds. The van der Waals surface area contributed by atoms with Crippen LogP contribution in [-0.4, -0.2) is 40.5 Å². The highest BCUT2D eigenvalue weighted by atomic mass is 35.5. The Morgan fingerprint density at radius 2 is 1.57 bits per heavy atom. The van der Waals surface area contributed by atoms with Crippen LogP contribution in [0.2, 0.25) is 10.0 Å². The number of hydrogen-bond donors (Lipinski definition) is 0. The SMILES string of the molecule is CCC[C@H](C(=O)OCC)N1C(=O)[C@H](Cc2ccncc2)O[C@@H](c2ccc(Cl)cc2)C1c1ccc(Cl)cc1. The Kier molecular flexibility index (Phi) is 9.19. The Hall–Kier alpha value is -2.93. The summed E-state index contributed by atoms with van der Waals surface area (Å²) in [5, 5.41) is 1.17. The number of pyridine rings is 1. The van der Waals surface area contributed by atoms with Gasteiger partial charge in [-0.05, 0) is 66.4 Å². The van der Waals surface area contributed by atoms with Crippen LogP contribution in [0.1, 0.15) is 55.5 Å². The molecule has 0 N–H and O–H groups in total. The standard InChI is InChI=1S/C29H30Cl2N2O4/c1-3-5-24(29(35)36-4-2)33-26(20-6-10-22(30)11-7-20)27(21-8-12-23(31)13-9-21)37-25(28(33)34)18-19-14-16-32-17-15-19/h6-17,24-27H,3-5,18H2,1-2H3/t24-,25+,26?,27+/m1/s1. The molecule has 4 atom stereocenters. The first-order chi connectivity index (χ1) is 17.9. The maximum absolute atomic E-state index is 14.2. The fraction of sp³-hybridized carbons (Fsp3) is 0.345. The van der Waals surface area contributed by atoms with Crippen molar-refractivity contribution in [2.24, 2.45) is 0 Å². The van der Waals surface area contributed by atoms with Gasteiger partial charge in [0.25, 0.3) is 5.91 Å². The van der Waals surface area contributed by atoms with Gasteiger partial charge in [0.2, 0.25) is 0 Å². The second-order valence-corrected chi connectivity index (χ2v) is 9.83. The molecule has 1 aliphatic rings. The molecule has 8 heteroatoms. The predicted octanol–water partition coefficient (Wildman–Crippen LogP) is 6.37. The zero-order chi connectivity index (χ0) is 26.4. The molecule has 6 nitrogen and oxygen atoms in total. The first kappa shape index (κ1) is 27.1. The molecule has 3 aromatic rings. The van der Waals surface area contributed by atoms with Gasteiger partial charge < -0.3 is 14.4 Å². The topological polar surface area (TPSA) is 68.7 Å². The normalized spacial score (nSPS) is 20.5. The van der Waals surface area contributed by atoms with Gasteiger partial charge in [0.1, 0.15) is 18.2 Å². The van der Waals surface area contributed by atoms with Gasteiger partial charge in [0, 0.05) is 28.9 Å². The third kappa shape index (κ3) is 6.32. The van der Waals surface area contributed by atoms with Crippen molar-refractivity contribution in [2.45, 2.75) is 57.4 Å². The van der Waals surface area contributed by atoms with E-state index in [4.69, 9.17) is 32.7 Å². The first-order valence-electron chi connectivity index (χ1n) is 12.5. The van der Waals surface area contributed by atoms with E-state index in [2.05, 4.69) is 4.98 Å². The zero-order valence-corrected chi connectivity index (χ0v) is 22.4. The second kappa shape index (κ2) is 12.5. The van der Waals surface area contributed by atoms with E-state index in [1.165, 1.54) is 0 Å². The van der Waals surface area contributed by atoms with Crippen molar-refractivity contribution in [3.8, 4) is 0 Å². The maximum atomic E-state index is 14.2. The van der Waals surface area contributed by atoms with E-state index in [1.807, 2.05) is 43.3 Å². The van der Waals surface area contributed by atoms with Crippen molar-refractivity contribution in [1.82, 2.24) is 9.88 Å². The van der Waals surface area contributed by atoms with Crippen LogP contribution in [-0.2, 0) is 25.5 Å². The summed E-state index contributed by atoms with van der Waals surface area (Å²) in [6.45, 7) is 3.98. The molecule has 1 fully saturated rings. The summed E-state index contributed by atoms with van der Waals surface area (Å²) in [6, 6.07) is 17.1. The van der Waals surface area contributed by atoms with E-state index < -0.39 is 30.3 Å². The molecule has 1 unspecified atom stereocenters. The van der Waals surface area contributed by atoms with E-state index in [0.29, 0.717) is 29.3 Å². The maximum Gasteiger partial charge on any atom is 0.328 e. The van der Waals surface area contributed by atoms with Crippen LogP contribution in [0.15, 0.2) is 73.1 Å². The van der Waals surface area contributed by atoms with Gasteiger partial charge in [-0.25, -0.2) is 4.79 Å². The molecule has 37 heavy (non-hydrogen) atoms. The summed E-state index contributed by atoms with van der Waals surface area (Å²) >= 11 is 12.4. The number of benzene rings is 2. The fourth-order valence-electron chi connectivity index (χ4n) is 4.77. The molecule has 0 bridgehead atoms. The minimum absolute atomic E-state index is 0.226. The fourth-order valence-corrected chi connectivity index (χ4v) is 5.02. The Bertz CT molecular complexity index is 1190. The van der Waals surface area contributed by atoms with Crippen LogP contribution in [0.3, 0.4) is 0 Å². The number of nitrogens with zero attached hydrogens (tertiary/aromatic N) is 2. The highest BCUT2D eigenvalue weighted by molar-refractivity contribution is 6.30. The molecule has 1 aliphatic heterocycles. The Morgan fingerprint density at radius 1 is 0.973 bits per heavy atom. The quantitative estimate of drug-likeness (QED) is 0.295. The largest absolute Gasteiger partial charge is 0.464 e. The summed E-state index contributed by atoms with van der Waals surface area (Å²) in [4.78, 5) is 33.2. The van der Waals surface area contributed by atoms with Crippen molar-refractivity contribution in [3.63, 3.8) is 0 Å². The molecular formula is C29H30Cl2N2O4. The van der Waals surface area contributed by atoms with E-state index in [1.54, 1.807) is 48.5 Å². The third-order valence-corrected chi connectivity index (χ3v) is 6.97. The van der Waals surface area contributed by atoms with Gasteiger partial charge in [0.05, 0.1) is 12.6 Å². The molecule has 1 saturated heterocycles. The smallest absolute Gasteiger partial charge is 0.328 e. The van der Waals surface area contributed by atoms with Crippen molar-refractivity contribution < 1.29 is 19.1 Å². The lowest BCUT2D eigenvalue weighted by molar-refractivity contribution is -0.186. The monoisotopic (exact) mass is 540 g/mol. The molecule has 194 valence electrons. The molecule has 0 radical (unpaired) electrons. The minimum atomic E-state index is -0.805. The Balaban J connectivity index is 1.86. The number of amides is 1. The van der Waals surface area contributed by atoms with Crippen molar-refractivity contribution in [1.29, 1.82) is 0 Å². The third-order valence-electron chi connectivity index (χ3n) is 6.46. The number of ether oxygens (including phenoxy) is 2. The zero-order valence-electron chi connectivity index (χ0n) is 20.8. The van der Waals surface area contributed by atoms with Gasteiger partial charge in [-0.3, -0.25) is 9.78 Å². The van der Waals surface area contributed by atoms with Crippen LogP contribution in [0.25, 0.3) is 0 Å². The van der Waals surface area contributed by atoms with Crippen LogP contribution in [0.4, 0.5) is 0 Å². The minimum Gasteiger partial charge on any atom is -0.464 e. The van der Waals surface area contributed by atoms with E-state index >= 15 is 0 Å². The second-order valence-electron chi connectivity index (χ2n) is 8.95. The molecule has 0 aliphatic carbocycles. The van der Waals surface area contributed by atoms with Crippen LogP contribution < -0.4 is 0 Å². The summed E-state index contributed by atoms with van der Waals surface area (Å²) in [7, 11) is 0. The van der Waals surface area contributed by atoms with Crippen molar-refractivity contribution in [3.05, 3.63) is 99.8 Å². The average Bonchev–Trinajstić information content (AvgIpc) is 2.90. The Labute approximate surface area is 227 Å². The lowest BCUT2D eigenvalue weighted by Gasteiger charge is -2.47. The van der Waals surface area contributed by atoms with Gasteiger partial charge in [-0.15, -0.1) is 0 Å². The average molecular weight is 541 g/mol. The number of aromatic nitrogens is 1. The summed E-state index contributed by atoms with van der Waals surface area (Å²) in [6.07, 6.45) is 3.51. The van der Waals surface area contributed by atoms with Crippen molar-refractivity contribution >= 4 is 35.1 Å². The van der Waals surface area contributed by atoms with Gasteiger partial charge >= 0.3 is 5.97 Å². The lowest BCUT2D eigenvalue weighted by atomic mass is 9.88. The molecular weight excluding hydrogens is 511 g/mol. The van der Waals surface area contributed by atoms with E-state index in [0.717, 1.165) is 16.7 Å². The number of carbonyl (C=O) groups is 2. The highest BCUT2D eigenvalue weighted by Gasteiger charge is 2.48. The van der Waals surface area contributed by atoms with Crippen molar-refractivity contribution in [2.75, 3.05) is 6.61 Å². The summed E-state index contributed by atoms with van der Waals surface area (Å²) < 4.78 is 12.0. The van der Waals surface area contributed by atoms with E-state index in [9.17, 15) is 9.59 Å². The molecule has 0 spiro atoms. The predicted molar refractivity (Wildman–Crippen MR) is 143 cm³/mol. The van der Waals surface area contributed by atoms with Gasteiger partial charge in [-0.1, -0.05) is 60.8 Å². The van der Waals surface area contributed by atoms with Gasteiger partial charge in [0.15, 0.2) is 0 Å². The van der Waals surface area contributed by atoms with Gasteiger partial charge in [-0.2, -0.15) is 0 Å². The summed E-state index contributed by atoms with van der Waals surface area (Å²) in [5.41, 5.74) is 2.57. The van der Waals surface area contributed by atoms with Crippen LogP contribution in [0, 0.1) is 0 Å². The Morgan fingerprint density at radius 3 is 2.14 bits per heavy atom. The molecule has 2 aromatic carbocycles. The molecule has 1 aromatic heterocycles. The number of hydrogen-bond acceptors (Lipinski definition) is 5. The van der Waals surface area contributed by atoms with Crippen LogP contribution >= 0.6 is 23.2 Å². The number of rotatable bonds is 9. The summed E-state index contributed by atoms with van der Waals surface area (Å²) in [5.74, 6) is -0.676. The van der Waals surface area contributed by atoms with E-state index in [-0.39, 0.29) is 12.5 Å². The highest BCUT2D eigenvalue weighted by Crippen LogP contribution is 2.44. The number of esters is 1. The molecule has 0 saturated carbocycles. The molecule has 4 rings (SSSR count).